The molecule has 0 unspecified atom stereocenters. The molecule has 2 rings (SSSR count). The van der Waals surface area contributed by atoms with Gasteiger partial charge in [0, 0.05) is 6.54 Å². The second kappa shape index (κ2) is 6.85. The Kier molecular flexibility index (Phi) is 4.89. The Hall–Kier alpha value is -2.41. The first kappa shape index (κ1) is 15.0. The van der Waals surface area contributed by atoms with Gasteiger partial charge in [-0.1, -0.05) is 25.5 Å². The summed E-state index contributed by atoms with van der Waals surface area (Å²) in [4.78, 5) is 33.1. The fraction of sp³-hybridized carbons (Fsp3) is 0.357. The Morgan fingerprint density at radius 1 is 1.33 bits per heavy atom. The van der Waals surface area contributed by atoms with E-state index in [0.29, 0.717) is 17.6 Å². The zero-order valence-corrected chi connectivity index (χ0v) is 12.0. The number of unbranched alkanes of at least 4 members (excludes halogenated alkanes) is 1. The van der Waals surface area contributed by atoms with E-state index >= 15 is 0 Å². The third-order valence-corrected chi connectivity index (χ3v) is 2.97. The van der Waals surface area contributed by atoms with E-state index in [2.05, 4.69) is 20.6 Å². The first-order chi connectivity index (χ1) is 10.2. The van der Waals surface area contributed by atoms with Crippen molar-refractivity contribution in [3.05, 3.63) is 30.1 Å². The molecule has 0 aliphatic carbocycles. The molecule has 0 saturated carbocycles. The normalized spacial score (nSPS) is 10.6. The topological polar surface area (TPSA) is 85.2 Å². The van der Waals surface area contributed by atoms with Crippen molar-refractivity contribution >= 4 is 23.0 Å². The average molecular weight is 290 g/mol. The predicted octanol–water partition coefficient (Wildman–Crippen LogP) is 1.69. The molecule has 7 nitrogen and oxygen atoms in total. The maximum absolute atomic E-state index is 12.3. The summed E-state index contributed by atoms with van der Waals surface area (Å²) in [5.74, 6) is -0.577. The van der Waals surface area contributed by atoms with Crippen LogP contribution in [-0.2, 0) is 4.84 Å². The van der Waals surface area contributed by atoms with Crippen LogP contribution >= 0.6 is 0 Å². The molecular formula is C14H18N4O3. The van der Waals surface area contributed by atoms with E-state index in [-0.39, 0.29) is 11.9 Å². The molecule has 0 radical (unpaired) electrons. The zero-order chi connectivity index (χ0) is 15.2. The fourth-order valence-electron chi connectivity index (χ4n) is 1.97. The van der Waals surface area contributed by atoms with Crippen LogP contribution in [0.15, 0.2) is 24.3 Å². The quantitative estimate of drug-likeness (QED) is 0.648. The van der Waals surface area contributed by atoms with Crippen LogP contribution in [0.4, 0.5) is 4.79 Å². The highest BCUT2D eigenvalue weighted by Gasteiger charge is 2.21. The van der Waals surface area contributed by atoms with Crippen molar-refractivity contribution < 1.29 is 14.4 Å². The van der Waals surface area contributed by atoms with E-state index < -0.39 is 5.91 Å². The molecule has 0 bridgehead atoms. The lowest BCUT2D eigenvalue weighted by Crippen LogP contribution is -2.34. The summed E-state index contributed by atoms with van der Waals surface area (Å²) in [6.07, 6.45) is 1.85. The molecule has 1 aromatic carbocycles. The molecule has 21 heavy (non-hydrogen) atoms. The minimum absolute atomic E-state index is 0.00736. The zero-order valence-electron chi connectivity index (χ0n) is 12.0. The highest BCUT2D eigenvalue weighted by molar-refractivity contribution is 6.00. The van der Waals surface area contributed by atoms with Gasteiger partial charge in [-0.25, -0.2) is 19.8 Å². The summed E-state index contributed by atoms with van der Waals surface area (Å²) in [7, 11) is 1.33. The number of para-hydroxylation sites is 2. The van der Waals surface area contributed by atoms with E-state index in [1.54, 1.807) is 24.3 Å². The molecule has 0 spiro atoms. The predicted molar refractivity (Wildman–Crippen MR) is 77.9 cm³/mol. The summed E-state index contributed by atoms with van der Waals surface area (Å²) in [5.41, 5.74) is 3.33. The van der Waals surface area contributed by atoms with Gasteiger partial charge >= 0.3 is 11.9 Å². The number of nitrogens with one attached hydrogen (secondary N) is 2. The van der Waals surface area contributed by atoms with Crippen molar-refractivity contribution in [1.29, 1.82) is 0 Å². The lowest BCUT2D eigenvalue weighted by Gasteiger charge is -2.09. The van der Waals surface area contributed by atoms with Gasteiger partial charge in [-0.3, -0.25) is 9.63 Å². The van der Waals surface area contributed by atoms with Crippen LogP contribution in [0.3, 0.4) is 0 Å². The number of hydrogen-bond donors (Lipinski definition) is 2. The van der Waals surface area contributed by atoms with Gasteiger partial charge in [0.05, 0.1) is 18.1 Å². The second-order valence-corrected chi connectivity index (χ2v) is 4.48. The Balaban J connectivity index is 2.40. The van der Waals surface area contributed by atoms with E-state index in [9.17, 15) is 9.59 Å². The third kappa shape index (κ3) is 3.19. The molecule has 1 aromatic heterocycles. The minimum Gasteiger partial charge on any atom is -0.337 e. The number of hydroxylamine groups is 1. The van der Waals surface area contributed by atoms with E-state index in [1.807, 2.05) is 6.92 Å². The molecular weight excluding hydrogens is 272 g/mol. The summed E-state index contributed by atoms with van der Waals surface area (Å²) >= 11 is 0. The highest BCUT2D eigenvalue weighted by Crippen LogP contribution is 2.15. The number of carbonyl (C=O) groups excluding carboxylic acids is 2. The van der Waals surface area contributed by atoms with Gasteiger partial charge in [0.2, 0.25) is 5.82 Å². The number of imidazole rings is 1. The largest absolute Gasteiger partial charge is 0.337 e. The van der Waals surface area contributed by atoms with Crippen LogP contribution in [0.2, 0.25) is 0 Å². The molecule has 0 aliphatic heterocycles. The smallest absolute Gasteiger partial charge is 0.327 e. The third-order valence-electron chi connectivity index (χ3n) is 2.97. The number of carbonyl (C=O) groups is 2. The van der Waals surface area contributed by atoms with Crippen LogP contribution < -0.4 is 10.8 Å². The Labute approximate surface area is 122 Å². The van der Waals surface area contributed by atoms with Gasteiger partial charge in [-0.15, -0.1) is 0 Å². The van der Waals surface area contributed by atoms with Crippen molar-refractivity contribution in [3.8, 4) is 0 Å². The Bertz CT molecular complexity index is 651. The van der Waals surface area contributed by atoms with Crippen LogP contribution in [0.1, 0.15) is 30.4 Å². The number of benzene rings is 1. The molecule has 1 heterocycles. The molecule has 2 aromatic rings. The average Bonchev–Trinajstić information content (AvgIpc) is 2.87. The number of nitrogens with zero attached hydrogens (tertiary/aromatic N) is 2. The van der Waals surface area contributed by atoms with Crippen molar-refractivity contribution in [2.75, 3.05) is 13.7 Å². The molecule has 7 heteroatoms. The molecule has 2 amide bonds. The Morgan fingerprint density at radius 3 is 2.81 bits per heavy atom. The molecule has 0 aliphatic rings. The van der Waals surface area contributed by atoms with Gasteiger partial charge in [0.15, 0.2) is 0 Å². The standard InChI is InChI=1S/C14H18N4O3/c1-3-4-9-15-14(20)18-11-8-6-5-7-10(11)16-12(18)13(19)17-21-2/h5-8H,3-4,9H2,1-2H3,(H,15,20)(H,17,19). The minimum atomic E-state index is -0.570. The molecule has 0 atom stereocenters. The Morgan fingerprint density at radius 2 is 2.10 bits per heavy atom. The maximum Gasteiger partial charge on any atom is 0.327 e. The molecule has 2 N–H and O–H groups in total. The summed E-state index contributed by atoms with van der Waals surface area (Å²) < 4.78 is 1.26. The molecule has 0 fully saturated rings. The molecule has 112 valence electrons. The number of fused-ring (bicyclic) bond motifs is 1. The van der Waals surface area contributed by atoms with Crippen LogP contribution in [0, 0.1) is 0 Å². The lowest BCUT2D eigenvalue weighted by atomic mass is 10.3. The van der Waals surface area contributed by atoms with E-state index in [0.717, 1.165) is 12.8 Å². The van der Waals surface area contributed by atoms with Gasteiger partial charge in [0.25, 0.3) is 0 Å². The van der Waals surface area contributed by atoms with Gasteiger partial charge in [-0.2, -0.15) is 0 Å². The van der Waals surface area contributed by atoms with Crippen molar-refractivity contribution in [1.82, 2.24) is 20.3 Å². The van der Waals surface area contributed by atoms with E-state index in [4.69, 9.17) is 0 Å². The SMILES string of the molecule is CCCCNC(=O)n1c(C(=O)NOC)nc2ccccc21. The van der Waals surface area contributed by atoms with Crippen molar-refractivity contribution in [2.45, 2.75) is 19.8 Å². The lowest BCUT2D eigenvalue weighted by molar-refractivity contribution is 0.0524. The monoisotopic (exact) mass is 290 g/mol. The van der Waals surface area contributed by atoms with Crippen molar-refractivity contribution in [2.24, 2.45) is 0 Å². The van der Waals surface area contributed by atoms with Gasteiger partial charge in [-0.05, 0) is 18.6 Å². The van der Waals surface area contributed by atoms with Gasteiger partial charge in [0.1, 0.15) is 0 Å². The van der Waals surface area contributed by atoms with Crippen LogP contribution in [0.25, 0.3) is 11.0 Å². The van der Waals surface area contributed by atoms with Crippen LogP contribution in [-0.4, -0.2) is 35.1 Å². The highest BCUT2D eigenvalue weighted by atomic mass is 16.6. The van der Waals surface area contributed by atoms with Gasteiger partial charge < -0.3 is 5.32 Å². The maximum atomic E-state index is 12.3. The number of aromatic nitrogens is 2. The van der Waals surface area contributed by atoms with Crippen LogP contribution in [0.5, 0.6) is 0 Å². The number of amides is 2. The van der Waals surface area contributed by atoms with E-state index in [1.165, 1.54) is 11.7 Å². The van der Waals surface area contributed by atoms with Crippen molar-refractivity contribution in [3.63, 3.8) is 0 Å². The molecule has 0 saturated heterocycles. The second-order valence-electron chi connectivity index (χ2n) is 4.48. The fourth-order valence-corrected chi connectivity index (χ4v) is 1.97. The summed E-state index contributed by atoms with van der Waals surface area (Å²) in [6.45, 7) is 2.59. The summed E-state index contributed by atoms with van der Waals surface area (Å²) in [5, 5.41) is 2.78. The first-order valence-electron chi connectivity index (χ1n) is 6.78. The number of rotatable bonds is 5. The number of hydrogen-bond acceptors (Lipinski definition) is 4. The summed E-state index contributed by atoms with van der Waals surface area (Å²) in [6, 6.07) is 6.70. The first-order valence-corrected chi connectivity index (χ1v) is 6.78.